The lowest BCUT2D eigenvalue weighted by atomic mass is 9.97. The van der Waals surface area contributed by atoms with Gasteiger partial charge in [-0.15, -0.1) is 0 Å². The fourth-order valence-corrected chi connectivity index (χ4v) is 2.48. The first-order valence-electron chi connectivity index (χ1n) is 7.27. The number of nitrogens with zero attached hydrogens (tertiary/aromatic N) is 1. The van der Waals surface area contributed by atoms with Crippen molar-refractivity contribution in [2.75, 3.05) is 26.8 Å². The first-order valence-corrected chi connectivity index (χ1v) is 7.27. The SMILES string of the molecule is COc1cccc(C(C)CC(=O)N2CCOC(C(=O)O)C2)c1. The number of benzene rings is 1. The molecular weight excluding hydrogens is 286 g/mol. The molecule has 120 valence electrons. The molecule has 6 nitrogen and oxygen atoms in total. The average molecular weight is 307 g/mol. The smallest absolute Gasteiger partial charge is 0.334 e. The Labute approximate surface area is 129 Å². The zero-order valence-electron chi connectivity index (χ0n) is 12.8. The van der Waals surface area contributed by atoms with Gasteiger partial charge < -0.3 is 19.5 Å². The molecule has 0 aromatic heterocycles. The topological polar surface area (TPSA) is 76.1 Å². The van der Waals surface area contributed by atoms with Gasteiger partial charge in [-0.2, -0.15) is 0 Å². The van der Waals surface area contributed by atoms with Crippen LogP contribution >= 0.6 is 0 Å². The Morgan fingerprint density at radius 3 is 2.95 bits per heavy atom. The molecule has 2 rings (SSSR count). The summed E-state index contributed by atoms with van der Waals surface area (Å²) < 4.78 is 10.3. The number of carboxylic acid groups (broad SMARTS) is 1. The molecule has 1 amide bonds. The molecule has 2 atom stereocenters. The van der Waals surface area contributed by atoms with Crippen LogP contribution in [0.4, 0.5) is 0 Å². The van der Waals surface area contributed by atoms with E-state index in [0.29, 0.717) is 13.0 Å². The van der Waals surface area contributed by atoms with Gasteiger partial charge in [-0.05, 0) is 23.6 Å². The maximum Gasteiger partial charge on any atom is 0.334 e. The summed E-state index contributed by atoms with van der Waals surface area (Å²) in [5.74, 6) is -0.286. The van der Waals surface area contributed by atoms with Crippen molar-refractivity contribution < 1.29 is 24.2 Å². The fourth-order valence-electron chi connectivity index (χ4n) is 2.48. The van der Waals surface area contributed by atoms with Crippen LogP contribution in [0.3, 0.4) is 0 Å². The summed E-state index contributed by atoms with van der Waals surface area (Å²) >= 11 is 0. The van der Waals surface area contributed by atoms with E-state index < -0.39 is 12.1 Å². The Kier molecular flexibility index (Phi) is 5.38. The Morgan fingerprint density at radius 1 is 1.50 bits per heavy atom. The van der Waals surface area contributed by atoms with E-state index in [2.05, 4.69) is 0 Å². The quantitative estimate of drug-likeness (QED) is 0.892. The lowest BCUT2D eigenvalue weighted by molar-refractivity contribution is -0.159. The van der Waals surface area contributed by atoms with E-state index in [0.717, 1.165) is 11.3 Å². The summed E-state index contributed by atoms with van der Waals surface area (Å²) in [6.07, 6.45) is -0.593. The molecule has 1 aliphatic heterocycles. The van der Waals surface area contributed by atoms with E-state index in [4.69, 9.17) is 14.6 Å². The highest BCUT2D eigenvalue weighted by molar-refractivity contribution is 5.79. The van der Waals surface area contributed by atoms with Crippen LogP contribution < -0.4 is 4.74 Å². The highest BCUT2D eigenvalue weighted by atomic mass is 16.5. The van der Waals surface area contributed by atoms with Gasteiger partial charge in [0.25, 0.3) is 0 Å². The van der Waals surface area contributed by atoms with Crippen molar-refractivity contribution in [2.24, 2.45) is 0 Å². The normalized spacial score (nSPS) is 19.5. The third-order valence-corrected chi connectivity index (χ3v) is 3.84. The second-order valence-corrected chi connectivity index (χ2v) is 5.42. The van der Waals surface area contributed by atoms with Crippen molar-refractivity contribution in [3.63, 3.8) is 0 Å². The van der Waals surface area contributed by atoms with Gasteiger partial charge >= 0.3 is 5.97 Å². The number of hydrogen-bond acceptors (Lipinski definition) is 4. The molecule has 6 heteroatoms. The number of amides is 1. The second-order valence-electron chi connectivity index (χ2n) is 5.42. The molecule has 0 radical (unpaired) electrons. The standard InChI is InChI=1S/C16H21NO5/c1-11(12-4-3-5-13(9-12)21-2)8-15(18)17-6-7-22-14(10-17)16(19)20/h3-5,9,11,14H,6-8,10H2,1-2H3,(H,19,20). The minimum atomic E-state index is -1.03. The van der Waals surface area contributed by atoms with Crippen LogP contribution in [-0.4, -0.2) is 54.8 Å². The third-order valence-electron chi connectivity index (χ3n) is 3.84. The van der Waals surface area contributed by atoms with Gasteiger partial charge in [0.15, 0.2) is 6.10 Å². The van der Waals surface area contributed by atoms with Gasteiger partial charge in [-0.1, -0.05) is 19.1 Å². The number of carbonyl (C=O) groups excluding carboxylic acids is 1. The summed E-state index contributed by atoms with van der Waals surface area (Å²) in [6, 6.07) is 7.62. The largest absolute Gasteiger partial charge is 0.497 e. The van der Waals surface area contributed by atoms with Crippen LogP contribution in [0.15, 0.2) is 24.3 Å². The van der Waals surface area contributed by atoms with Crippen LogP contribution in [0.5, 0.6) is 5.75 Å². The van der Waals surface area contributed by atoms with E-state index in [9.17, 15) is 9.59 Å². The Bertz CT molecular complexity index is 545. The molecule has 1 aromatic rings. The van der Waals surface area contributed by atoms with E-state index in [1.54, 1.807) is 12.0 Å². The molecule has 1 N–H and O–H groups in total. The van der Waals surface area contributed by atoms with Crippen LogP contribution in [-0.2, 0) is 14.3 Å². The molecule has 0 saturated carbocycles. The van der Waals surface area contributed by atoms with Crippen LogP contribution in [0.2, 0.25) is 0 Å². The minimum absolute atomic E-state index is 0.0359. The monoisotopic (exact) mass is 307 g/mol. The van der Waals surface area contributed by atoms with Crippen LogP contribution in [0.25, 0.3) is 0 Å². The van der Waals surface area contributed by atoms with Gasteiger partial charge in [0, 0.05) is 13.0 Å². The van der Waals surface area contributed by atoms with Gasteiger partial charge in [0.05, 0.1) is 20.3 Å². The fraction of sp³-hybridized carbons (Fsp3) is 0.500. The number of ether oxygens (including phenoxy) is 2. The van der Waals surface area contributed by atoms with Gasteiger partial charge in [-0.25, -0.2) is 4.79 Å². The zero-order chi connectivity index (χ0) is 16.1. The minimum Gasteiger partial charge on any atom is -0.497 e. The molecule has 1 aromatic carbocycles. The molecule has 1 saturated heterocycles. The molecular formula is C16H21NO5. The molecule has 0 bridgehead atoms. The lowest BCUT2D eigenvalue weighted by Gasteiger charge is -2.31. The van der Waals surface area contributed by atoms with E-state index >= 15 is 0 Å². The third kappa shape index (κ3) is 3.98. The molecule has 0 aliphatic carbocycles. The molecule has 22 heavy (non-hydrogen) atoms. The van der Waals surface area contributed by atoms with E-state index in [1.165, 1.54) is 0 Å². The van der Waals surface area contributed by atoms with Crippen molar-refractivity contribution in [3.05, 3.63) is 29.8 Å². The Morgan fingerprint density at radius 2 is 2.27 bits per heavy atom. The van der Waals surface area contributed by atoms with Crippen molar-refractivity contribution >= 4 is 11.9 Å². The van der Waals surface area contributed by atoms with Crippen molar-refractivity contribution in [1.82, 2.24) is 4.90 Å². The maximum atomic E-state index is 12.4. The molecule has 2 unspecified atom stereocenters. The average Bonchev–Trinajstić information content (AvgIpc) is 2.54. The van der Waals surface area contributed by atoms with E-state index in [1.807, 2.05) is 31.2 Å². The maximum absolute atomic E-state index is 12.4. The summed E-state index contributed by atoms with van der Waals surface area (Å²) in [5, 5.41) is 8.98. The number of hydrogen-bond donors (Lipinski definition) is 1. The highest BCUT2D eigenvalue weighted by Gasteiger charge is 2.29. The predicted molar refractivity (Wildman–Crippen MR) is 80.0 cm³/mol. The summed E-state index contributed by atoms with van der Waals surface area (Å²) in [7, 11) is 1.61. The number of carbonyl (C=O) groups is 2. The highest BCUT2D eigenvalue weighted by Crippen LogP contribution is 2.24. The van der Waals surface area contributed by atoms with Gasteiger partial charge in [0.2, 0.25) is 5.91 Å². The molecule has 0 spiro atoms. The number of methoxy groups -OCH3 is 1. The molecule has 1 aliphatic rings. The molecule has 1 heterocycles. The summed E-state index contributed by atoms with van der Waals surface area (Å²) in [6.45, 7) is 2.78. The first kappa shape index (κ1) is 16.3. The number of rotatable bonds is 5. The van der Waals surface area contributed by atoms with Crippen LogP contribution in [0, 0.1) is 0 Å². The number of aliphatic carboxylic acids is 1. The lowest BCUT2D eigenvalue weighted by Crippen LogP contribution is -2.48. The summed E-state index contributed by atoms with van der Waals surface area (Å²) in [4.78, 5) is 24.9. The van der Waals surface area contributed by atoms with Crippen molar-refractivity contribution in [2.45, 2.75) is 25.4 Å². The Balaban J connectivity index is 1.97. The summed E-state index contributed by atoms with van der Waals surface area (Å²) in [5.41, 5.74) is 1.02. The molecule has 1 fully saturated rings. The van der Waals surface area contributed by atoms with Crippen LogP contribution in [0.1, 0.15) is 24.8 Å². The Hall–Kier alpha value is -2.08. The second kappa shape index (κ2) is 7.26. The van der Waals surface area contributed by atoms with Gasteiger partial charge in [-0.3, -0.25) is 4.79 Å². The predicted octanol–water partition coefficient (Wildman–Crippen LogP) is 1.50. The number of carboxylic acids is 1. The zero-order valence-corrected chi connectivity index (χ0v) is 12.8. The first-order chi connectivity index (χ1) is 10.5. The van der Waals surface area contributed by atoms with Crippen molar-refractivity contribution in [3.8, 4) is 5.75 Å². The van der Waals surface area contributed by atoms with Crippen molar-refractivity contribution in [1.29, 1.82) is 0 Å². The van der Waals surface area contributed by atoms with E-state index in [-0.39, 0.29) is 25.0 Å². The van der Waals surface area contributed by atoms with Gasteiger partial charge in [0.1, 0.15) is 5.75 Å². The number of morpholine rings is 1.